The first kappa shape index (κ1) is 15.1. The molecule has 0 fully saturated rings. The summed E-state index contributed by atoms with van der Waals surface area (Å²) in [6.07, 6.45) is 4.93. The van der Waals surface area contributed by atoms with Gasteiger partial charge in [-0.1, -0.05) is 24.3 Å². The fourth-order valence-electron chi connectivity index (χ4n) is 2.93. The number of nitrogens with one attached hydrogen (secondary N) is 2. The normalized spacial score (nSPS) is 15.0. The van der Waals surface area contributed by atoms with Crippen LogP contribution in [0.3, 0.4) is 0 Å². The Kier molecular flexibility index (Phi) is 4.78. The number of carbonyl (C=O) groups excluding carboxylic acids is 1. The molecule has 1 atom stereocenters. The maximum absolute atomic E-state index is 12.0. The molecule has 22 heavy (non-hydrogen) atoms. The number of carbonyl (C=O) groups is 1. The first-order chi connectivity index (χ1) is 10.7. The smallest absolute Gasteiger partial charge is 0.315 e. The quantitative estimate of drug-likeness (QED) is 0.873. The number of fused-ring (bicyclic) bond motifs is 1. The minimum atomic E-state index is -0.112. The summed E-state index contributed by atoms with van der Waals surface area (Å²) in [5, 5.41) is 7.95. The summed E-state index contributed by atoms with van der Waals surface area (Å²) in [7, 11) is 0. The Morgan fingerprint density at radius 1 is 1.23 bits per heavy atom. The molecule has 1 aromatic carbocycles. The van der Waals surface area contributed by atoms with Crippen LogP contribution in [-0.4, -0.2) is 6.03 Å². The first-order valence-corrected chi connectivity index (χ1v) is 8.79. The lowest BCUT2D eigenvalue weighted by Crippen LogP contribution is -2.36. The second-order valence-corrected chi connectivity index (χ2v) is 6.90. The number of rotatable bonds is 4. The van der Waals surface area contributed by atoms with E-state index in [2.05, 4.69) is 28.8 Å². The Morgan fingerprint density at radius 2 is 2.05 bits per heavy atom. The van der Waals surface area contributed by atoms with Crippen LogP contribution in [0.2, 0.25) is 0 Å². The number of thiophene rings is 1. The summed E-state index contributed by atoms with van der Waals surface area (Å²) in [6, 6.07) is 10.6. The zero-order valence-corrected chi connectivity index (χ0v) is 13.7. The van der Waals surface area contributed by atoms with E-state index < -0.39 is 0 Å². The molecule has 4 heteroatoms. The predicted octanol–water partition coefficient (Wildman–Crippen LogP) is 4.19. The van der Waals surface area contributed by atoms with Crippen LogP contribution in [0.25, 0.3) is 0 Å². The molecule has 0 saturated carbocycles. The van der Waals surface area contributed by atoms with Crippen molar-refractivity contribution in [1.29, 1.82) is 0 Å². The molecule has 2 aromatic rings. The van der Waals surface area contributed by atoms with Crippen LogP contribution in [0.4, 0.5) is 4.79 Å². The van der Waals surface area contributed by atoms with Crippen molar-refractivity contribution in [2.75, 3.05) is 0 Å². The maximum Gasteiger partial charge on any atom is 0.315 e. The van der Waals surface area contributed by atoms with Crippen LogP contribution < -0.4 is 10.6 Å². The van der Waals surface area contributed by atoms with Crippen LogP contribution in [0, 0.1) is 0 Å². The molecular weight excluding hydrogens is 292 g/mol. The Balaban J connectivity index is 1.56. The van der Waals surface area contributed by atoms with Gasteiger partial charge in [0.1, 0.15) is 0 Å². The monoisotopic (exact) mass is 314 g/mol. The van der Waals surface area contributed by atoms with Gasteiger partial charge >= 0.3 is 6.03 Å². The van der Waals surface area contributed by atoms with Gasteiger partial charge in [0.2, 0.25) is 0 Å². The van der Waals surface area contributed by atoms with E-state index in [9.17, 15) is 4.79 Å². The zero-order chi connectivity index (χ0) is 15.4. The third-order valence-corrected chi connectivity index (χ3v) is 5.10. The number of hydrogen-bond donors (Lipinski definition) is 2. The maximum atomic E-state index is 12.0. The Morgan fingerprint density at radius 3 is 2.82 bits per heavy atom. The van der Waals surface area contributed by atoms with Crippen molar-refractivity contribution in [3.05, 3.63) is 57.3 Å². The molecule has 2 N–H and O–H groups in total. The van der Waals surface area contributed by atoms with Crippen molar-refractivity contribution in [3.8, 4) is 0 Å². The number of amides is 2. The van der Waals surface area contributed by atoms with Crippen LogP contribution in [0.5, 0.6) is 0 Å². The number of benzene rings is 1. The Labute approximate surface area is 135 Å². The van der Waals surface area contributed by atoms with Crippen molar-refractivity contribution in [2.45, 2.75) is 45.2 Å². The lowest BCUT2D eigenvalue weighted by molar-refractivity contribution is 0.237. The van der Waals surface area contributed by atoms with Crippen LogP contribution in [0.15, 0.2) is 35.7 Å². The summed E-state index contributed by atoms with van der Waals surface area (Å²) in [6.45, 7) is 2.62. The highest BCUT2D eigenvalue weighted by molar-refractivity contribution is 7.09. The van der Waals surface area contributed by atoms with Gasteiger partial charge in [-0.05, 0) is 60.7 Å². The average Bonchev–Trinajstić information content (AvgIpc) is 3.06. The van der Waals surface area contributed by atoms with E-state index in [0.717, 1.165) is 4.88 Å². The summed E-state index contributed by atoms with van der Waals surface area (Å²) in [5.74, 6) is 0. The average molecular weight is 314 g/mol. The Bertz CT molecular complexity index is 637. The van der Waals surface area contributed by atoms with Crippen LogP contribution in [-0.2, 0) is 19.4 Å². The molecule has 0 spiro atoms. The molecule has 1 unspecified atom stereocenters. The predicted molar refractivity (Wildman–Crippen MR) is 91.2 cm³/mol. The van der Waals surface area contributed by atoms with E-state index >= 15 is 0 Å². The highest BCUT2D eigenvalue weighted by Gasteiger charge is 2.14. The van der Waals surface area contributed by atoms with Gasteiger partial charge in [0.25, 0.3) is 0 Å². The minimum absolute atomic E-state index is 0.0237. The largest absolute Gasteiger partial charge is 0.333 e. The van der Waals surface area contributed by atoms with E-state index in [4.69, 9.17) is 0 Å². The van der Waals surface area contributed by atoms with E-state index in [1.807, 2.05) is 24.4 Å². The number of urea groups is 1. The van der Waals surface area contributed by atoms with Gasteiger partial charge in [-0.3, -0.25) is 0 Å². The van der Waals surface area contributed by atoms with Crippen molar-refractivity contribution < 1.29 is 4.79 Å². The second-order valence-electron chi connectivity index (χ2n) is 5.86. The standard InChI is InChI=1S/C18H22N2OS/c1-13(20-18(21)19-12-17-7-4-10-22-17)15-9-8-14-5-2-3-6-16(14)11-15/h4,7-11,13H,2-3,5-6,12H2,1H3,(H2,19,20,21). The van der Waals surface area contributed by atoms with E-state index in [1.54, 1.807) is 11.3 Å². The lowest BCUT2D eigenvalue weighted by Gasteiger charge is -2.20. The molecule has 1 aliphatic rings. The lowest BCUT2D eigenvalue weighted by atomic mass is 9.89. The molecule has 1 heterocycles. The van der Waals surface area contributed by atoms with Gasteiger partial charge in [-0.25, -0.2) is 4.79 Å². The highest BCUT2D eigenvalue weighted by Crippen LogP contribution is 2.24. The molecule has 1 aliphatic carbocycles. The molecule has 0 bridgehead atoms. The van der Waals surface area contributed by atoms with Crippen molar-refractivity contribution in [3.63, 3.8) is 0 Å². The van der Waals surface area contributed by atoms with Gasteiger partial charge < -0.3 is 10.6 Å². The first-order valence-electron chi connectivity index (χ1n) is 7.91. The number of aryl methyl sites for hydroxylation is 2. The summed E-state index contributed by atoms with van der Waals surface area (Å²) in [4.78, 5) is 13.2. The van der Waals surface area contributed by atoms with Crippen molar-refractivity contribution in [2.24, 2.45) is 0 Å². The van der Waals surface area contributed by atoms with Gasteiger partial charge in [0, 0.05) is 4.88 Å². The fourth-order valence-corrected chi connectivity index (χ4v) is 3.58. The highest BCUT2D eigenvalue weighted by atomic mass is 32.1. The molecular formula is C18H22N2OS. The summed E-state index contributed by atoms with van der Waals surface area (Å²) < 4.78 is 0. The summed E-state index contributed by atoms with van der Waals surface area (Å²) >= 11 is 1.65. The van der Waals surface area contributed by atoms with E-state index in [1.165, 1.54) is 42.4 Å². The molecule has 1 aromatic heterocycles. The van der Waals surface area contributed by atoms with Crippen LogP contribution in [0.1, 0.15) is 47.4 Å². The molecule has 3 rings (SSSR count). The van der Waals surface area contributed by atoms with Gasteiger partial charge in [-0.2, -0.15) is 0 Å². The topological polar surface area (TPSA) is 41.1 Å². The SMILES string of the molecule is CC(NC(=O)NCc1cccs1)c1ccc2c(c1)CCCC2. The van der Waals surface area contributed by atoms with Gasteiger partial charge in [-0.15, -0.1) is 11.3 Å². The molecule has 0 saturated heterocycles. The molecule has 0 aliphatic heterocycles. The molecule has 3 nitrogen and oxygen atoms in total. The van der Waals surface area contributed by atoms with E-state index in [0.29, 0.717) is 6.54 Å². The van der Waals surface area contributed by atoms with Gasteiger partial charge in [0.05, 0.1) is 12.6 Å². The van der Waals surface area contributed by atoms with Gasteiger partial charge in [0.15, 0.2) is 0 Å². The molecule has 2 amide bonds. The zero-order valence-electron chi connectivity index (χ0n) is 12.9. The molecule has 116 valence electrons. The van der Waals surface area contributed by atoms with E-state index in [-0.39, 0.29) is 12.1 Å². The minimum Gasteiger partial charge on any atom is -0.333 e. The van der Waals surface area contributed by atoms with Crippen molar-refractivity contribution in [1.82, 2.24) is 10.6 Å². The number of hydrogen-bond acceptors (Lipinski definition) is 2. The molecule has 0 radical (unpaired) electrons. The summed E-state index contributed by atoms with van der Waals surface area (Å²) in [5.41, 5.74) is 4.12. The van der Waals surface area contributed by atoms with Crippen LogP contribution >= 0.6 is 11.3 Å². The third-order valence-electron chi connectivity index (χ3n) is 4.22. The fraction of sp³-hybridized carbons (Fsp3) is 0.389. The van der Waals surface area contributed by atoms with Crippen molar-refractivity contribution >= 4 is 17.4 Å². The third kappa shape index (κ3) is 3.69. The Hall–Kier alpha value is -1.81. The second kappa shape index (κ2) is 6.97.